The zero-order valence-electron chi connectivity index (χ0n) is 14.5. The van der Waals surface area contributed by atoms with E-state index in [0.29, 0.717) is 33.7 Å². The minimum absolute atomic E-state index is 0.0120. The zero-order valence-corrected chi connectivity index (χ0v) is 16.1. The number of amides is 1. The maximum absolute atomic E-state index is 12.1. The molecule has 1 aromatic heterocycles. The van der Waals surface area contributed by atoms with E-state index in [-0.39, 0.29) is 23.7 Å². The van der Waals surface area contributed by atoms with Gasteiger partial charge in [0.2, 0.25) is 5.91 Å². The van der Waals surface area contributed by atoms with Gasteiger partial charge in [-0.2, -0.15) is 0 Å². The van der Waals surface area contributed by atoms with Crippen molar-refractivity contribution in [2.45, 2.75) is 6.54 Å². The first kappa shape index (κ1) is 19.9. The lowest BCUT2D eigenvalue weighted by atomic mass is 10.2. The monoisotopic (exact) mass is 418 g/mol. The fourth-order valence-electron chi connectivity index (χ4n) is 2.58. The van der Waals surface area contributed by atoms with Gasteiger partial charge in [0, 0.05) is 10.6 Å². The predicted molar refractivity (Wildman–Crippen MR) is 108 cm³/mol. The summed E-state index contributed by atoms with van der Waals surface area (Å²) in [5.41, 5.74) is 0.964. The van der Waals surface area contributed by atoms with Crippen LogP contribution in [0.15, 0.2) is 59.0 Å². The lowest BCUT2D eigenvalue weighted by Crippen LogP contribution is -2.28. The van der Waals surface area contributed by atoms with Gasteiger partial charge in [-0.25, -0.2) is 4.79 Å². The van der Waals surface area contributed by atoms with Gasteiger partial charge in [0.25, 0.3) is 0 Å². The molecule has 0 atom stereocenters. The van der Waals surface area contributed by atoms with E-state index in [1.54, 1.807) is 42.5 Å². The third kappa shape index (κ3) is 4.92. The SMILES string of the molecule is O=C(CNCc1ccc(-c2cc(Cl)ccc2Cl)o1)Nc1ccccc1C(=O)O. The standard InChI is InChI=1S/C20H16Cl2N2O4/c21-12-5-7-16(22)15(9-12)18-8-6-13(28-18)10-23-11-19(25)24-17-4-2-1-3-14(17)20(26)27/h1-9,23H,10-11H2,(H,24,25)(H,26,27). The summed E-state index contributed by atoms with van der Waals surface area (Å²) in [7, 11) is 0. The first-order chi connectivity index (χ1) is 13.4. The molecule has 2 aromatic carbocycles. The molecule has 0 saturated heterocycles. The second-order valence-corrected chi connectivity index (χ2v) is 6.74. The Morgan fingerprint density at radius 2 is 1.82 bits per heavy atom. The topological polar surface area (TPSA) is 91.6 Å². The van der Waals surface area contributed by atoms with Crippen LogP contribution in [0.25, 0.3) is 11.3 Å². The molecular weight excluding hydrogens is 403 g/mol. The van der Waals surface area contributed by atoms with E-state index in [9.17, 15) is 9.59 Å². The van der Waals surface area contributed by atoms with Crippen LogP contribution in [-0.4, -0.2) is 23.5 Å². The summed E-state index contributed by atoms with van der Waals surface area (Å²) >= 11 is 12.2. The van der Waals surface area contributed by atoms with E-state index >= 15 is 0 Å². The number of carboxylic acid groups (broad SMARTS) is 1. The summed E-state index contributed by atoms with van der Waals surface area (Å²) in [5.74, 6) is -0.279. The first-order valence-corrected chi connectivity index (χ1v) is 9.06. The number of carboxylic acids is 1. The van der Waals surface area contributed by atoms with Crippen LogP contribution in [0.3, 0.4) is 0 Å². The van der Waals surface area contributed by atoms with Crippen molar-refractivity contribution < 1.29 is 19.1 Å². The molecule has 1 amide bonds. The molecule has 1 heterocycles. The number of hydrogen-bond acceptors (Lipinski definition) is 4. The maximum atomic E-state index is 12.1. The molecule has 0 spiro atoms. The van der Waals surface area contributed by atoms with Gasteiger partial charge >= 0.3 is 5.97 Å². The first-order valence-electron chi connectivity index (χ1n) is 8.31. The number of aromatic carboxylic acids is 1. The lowest BCUT2D eigenvalue weighted by Gasteiger charge is -2.08. The van der Waals surface area contributed by atoms with Crippen molar-refractivity contribution in [2.75, 3.05) is 11.9 Å². The van der Waals surface area contributed by atoms with Crippen LogP contribution in [0.4, 0.5) is 5.69 Å². The highest BCUT2D eigenvalue weighted by molar-refractivity contribution is 6.35. The van der Waals surface area contributed by atoms with Crippen molar-refractivity contribution in [3.63, 3.8) is 0 Å². The molecule has 0 aliphatic rings. The summed E-state index contributed by atoms with van der Waals surface area (Å²) < 4.78 is 5.74. The molecule has 0 saturated carbocycles. The minimum atomic E-state index is -1.10. The van der Waals surface area contributed by atoms with Gasteiger partial charge in [0.15, 0.2) is 0 Å². The van der Waals surface area contributed by atoms with Crippen LogP contribution in [0, 0.1) is 0 Å². The van der Waals surface area contributed by atoms with Crippen LogP contribution in [0.2, 0.25) is 10.0 Å². The van der Waals surface area contributed by atoms with Crippen LogP contribution >= 0.6 is 23.2 Å². The summed E-state index contributed by atoms with van der Waals surface area (Å²) in [6.45, 7) is 0.300. The van der Waals surface area contributed by atoms with Gasteiger partial charge in [-0.05, 0) is 42.5 Å². The molecule has 3 N–H and O–H groups in total. The van der Waals surface area contributed by atoms with E-state index in [2.05, 4.69) is 10.6 Å². The Bertz CT molecular complexity index is 1020. The Labute approximate surface area is 171 Å². The van der Waals surface area contributed by atoms with Gasteiger partial charge in [-0.1, -0.05) is 35.3 Å². The Balaban J connectivity index is 1.56. The molecule has 144 valence electrons. The van der Waals surface area contributed by atoms with E-state index in [1.165, 1.54) is 12.1 Å². The van der Waals surface area contributed by atoms with E-state index in [0.717, 1.165) is 0 Å². The van der Waals surface area contributed by atoms with E-state index in [1.807, 2.05) is 0 Å². The number of rotatable bonds is 7. The van der Waals surface area contributed by atoms with Crippen molar-refractivity contribution >= 4 is 40.8 Å². The highest BCUT2D eigenvalue weighted by Gasteiger charge is 2.12. The van der Waals surface area contributed by atoms with Crippen LogP contribution in [-0.2, 0) is 11.3 Å². The molecular formula is C20H16Cl2N2O4. The van der Waals surface area contributed by atoms with Crippen LogP contribution < -0.4 is 10.6 Å². The van der Waals surface area contributed by atoms with Gasteiger partial charge in [0.1, 0.15) is 11.5 Å². The Morgan fingerprint density at radius 1 is 1.04 bits per heavy atom. The fraction of sp³-hybridized carbons (Fsp3) is 0.100. The normalized spacial score (nSPS) is 10.6. The Morgan fingerprint density at radius 3 is 2.61 bits per heavy atom. The molecule has 0 fully saturated rings. The van der Waals surface area contributed by atoms with Crippen molar-refractivity contribution in [1.82, 2.24) is 5.32 Å². The van der Waals surface area contributed by atoms with E-state index in [4.69, 9.17) is 32.7 Å². The maximum Gasteiger partial charge on any atom is 0.337 e. The molecule has 28 heavy (non-hydrogen) atoms. The third-order valence-electron chi connectivity index (χ3n) is 3.87. The number of furan rings is 1. The molecule has 8 heteroatoms. The number of hydrogen-bond donors (Lipinski definition) is 3. The fourth-order valence-corrected chi connectivity index (χ4v) is 2.96. The number of carbonyl (C=O) groups is 2. The smallest absolute Gasteiger partial charge is 0.337 e. The highest BCUT2D eigenvalue weighted by Crippen LogP contribution is 2.31. The lowest BCUT2D eigenvalue weighted by molar-refractivity contribution is -0.115. The Kier molecular flexibility index (Phi) is 6.36. The van der Waals surface area contributed by atoms with Crippen molar-refractivity contribution in [1.29, 1.82) is 0 Å². The van der Waals surface area contributed by atoms with Crippen molar-refractivity contribution in [2.24, 2.45) is 0 Å². The molecule has 6 nitrogen and oxygen atoms in total. The molecule has 0 bridgehead atoms. The molecule has 0 radical (unpaired) electrons. The summed E-state index contributed by atoms with van der Waals surface area (Å²) in [6, 6.07) is 14.9. The highest BCUT2D eigenvalue weighted by atomic mass is 35.5. The van der Waals surface area contributed by atoms with Crippen molar-refractivity contribution in [3.05, 3.63) is 76.0 Å². The second kappa shape index (κ2) is 8.93. The van der Waals surface area contributed by atoms with Gasteiger partial charge in [-0.3, -0.25) is 4.79 Å². The number of benzene rings is 2. The summed E-state index contributed by atoms with van der Waals surface area (Å²) in [4.78, 5) is 23.2. The van der Waals surface area contributed by atoms with Crippen LogP contribution in [0.5, 0.6) is 0 Å². The molecule has 3 aromatic rings. The van der Waals surface area contributed by atoms with Gasteiger partial charge < -0.3 is 20.2 Å². The van der Waals surface area contributed by atoms with Crippen molar-refractivity contribution in [3.8, 4) is 11.3 Å². The van der Waals surface area contributed by atoms with Gasteiger partial charge in [-0.15, -0.1) is 0 Å². The third-order valence-corrected chi connectivity index (χ3v) is 4.44. The molecule has 0 unspecified atom stereocenters. The molecule has 0 aliphatic heterocycles. The average Bonchev–Trinajstić information content (AvgIpc) is 3.12. The molecule has 0 aliphatic carbocycles. The number of anilines is 1. The Hall–Kier alpha value is -2.80. The van der Waals surface area contributed by atoms with Crippen LogP contribution in [0.1, 0.15) is 16.1 Å². The minimum Gasteiger partial charge on any atom is -0.478 e. The van der Waals surface area contributed by atoms with Gasteiger partial charge in [0.05, 0.1) is 29.4 Å². The number of carbonyl (C=O) groups excluding carboxylic acids is 1. The number of nitrogens with one attached hydrogen (secondary N) is 2. The average molecular weight is 419 g/mol. The number of para-hydroxylation sites is 1. The quantitative estimate of drug-likeness (QED) is 0.517. The molecule has 3 rings (SSSR count). The van der Waals surface area contributed by atoms with E-state index < -0.39 is 5.97 Å². The second-order valence-electron chi connectivity index (χ2n) is 5.89. The zero-order chi connectivity index (χ0) is 20.1. The largest absolute Gasteiger partial charge is 0.478 e. The number of halogens is 2. The summed E-state index contributed by atoms with van der Waals surface area (Å²) in [5, 5.41) is 15.7. The summed E-state index contributed by atoms with van der Waals surface area (Å²) in [6.07, 6.45) is 0. The predicted octanol–water partition coefficient (Wildman–Crippen LogP) is 4.68.